The standard InChI is InChI=1S/C14H10F2N2O2S/c15-11-4-1-7(5-10(11)13(17)21)18-14(20)9-3-2-8(19)6-12(9)16/h1-6,19H,(H2,17,21)(H,18,20). The Hall–Kier alpha value is -2.54. The molecule has 0 spiro atoms. The molecule has 0 aliphatic rings. The summed E-state index contributed by atoms with van der Waals surface area (Å²) in [6.45, 7) is 0. The van der Waals surface area contributed by atoms with Gasteiger partial charge in [0.2, 0.25) is 0 Å². The van der Waals surface area contributed by atoms with E-state index in [0.717, 1.165) is 18.2 Å². The van der Waals surface area contributed by atoms with Crippen LogP contribution in [0.2, 0.25) is 0 Å². The number of hydrogen-bond donors (Lipinski definition) is 3. The molecule has 108 valence electrons. The number of halogens is 2. The first kappa shape index (κ1) is 14.9. The van der Waals surface area contributed by atoms with Gasteiger partial charge in [-0.25, -0.2) is 8.78 Å². The van der Waals surface area contributed by atoms with E-state index in [0.29, 0.717) is 0 Å². The van der Waals surface area contributed by atoms with Crippen molar-refractivity contribution in [2.75, 3.05) is 5.32 Å². The van der Waals surface area contributed by atoms with Gasteiger partial charge in [-0.2, -0.15) is 0 Å². The Labute approximate surface area is 124 Å². The molecule has 2 aromatic carbocycles. The summed E-state index contributed by atoms with van der Waals surface area (Å²) in [6, 6.07) is 6.79. The first-order chi connectivity index (χ1) is 9.88. The van der Waals surface area contributed by atoms with E-state index in [2.05, 4.69) is 17.5 Å². The lowest BCUT2D eigenvalue weighted by molar-refractivity contribution is 0.102. The molecule has 0 radical (unpaired) electrons. The molecule has 0 bridgehead atoms. The van der Waals surface area contributed by atoms with Crippen LogP contribution >= 0.6 is 12.2 Å². The van der Waals surface area contributed by atoms with Crippen molar-refractivity contribution in [2.24, 2.45) is 5.73 Å². The van der Waals surface area contributed by atoms with Crippen molar-refractivity contribution in [3.63, 3.8) is 0 Å². The Morgan fingerprint density at radius 2 is 1.81 bits per heavy atom. The van der Waals surface area contributed by atoms with Crippen LogP contribution < -0.4 is 11.1 Å². The number of phenolic OH excluding ortho intramolecular Hbond substituents is 1. The lowest BCUT2D eigenvalue weighted by atomic mass is 10.1. The maximum Gasteiger partial charge on any atom is 0.258 e. The molecule has 4 N–H and O–H groups in total. The lowest BCUT2D eigenvalue weighted by Gasteiger charge is -2.08. The number of carbonyl (C=O) groups is 1. The van der Waals surface area contributed by atoms with Crippen LogP contribution in [0.5, 0.6) is 5.75 Å². The molecule has 1 amide bonds. The number of hydrogen-bond acceptors (Lipinski definition) is 3. The van der Waals surface area contributed by atoms with Gasteiger partial charge in [-0.05, 0) is 30.3 Å². The molecule has 0 aromatic heterocycles. The predicted molar refractivity (Wildman–Crippen MR) is 78.3 cm³/mol. The SMILES string of the molecule is NC(=S)c1cc(NC(=O)c2ccc(O)cc2F)ccc1F. The first-order valence-corrected chi connectivity index (χ1v) is 6.18. The Morgan fingerprint density at radius 1 is 1.10 bits per heavy atom. The minimum atomic E-state index is -0.871. The highest BCUT2D eigenvalue weighted by atomic mass is 32.1. The second kappa shape index (κ2) is 5.84. The van der Waals surface area contributed by atoms with E-state index in [1.807, 2.05) is 0 Å². The zero-order valence-electron chi connectivity index (χ0n) is 10.6. The van der Waals surface area contributed by atoms with E-state index < -0.39 is 17.5 Å². The summed E-state index contributed by atoms with van der Waals surface area (Å²) in [7, 11) is 0. The number of anilines is 1. The predicted octanol–water partition coefficient (Wildman–Crippen LogP) is 2.56. The number of rotatable bonds is 3. The normalized spacial score (nSPS) is 10.2. The molecule has 0 heterocycles. The van der Waals surface area contributed by atoms with Crippen LogP contribution in [-0.4, -0.2) is 16.0 Å². The average molecular weight is 308 g/mol. The van der Waals surface area contributed by atoms with E-state index in [1.54, 1.807) is 0 Å². The van der Waals surface area contributed by atoms with Gasteiger partial charge < -0.3 is 16.2 Å². The van der Waals surface area contributed by atoms with Crippen LogP contribution in [0.1, 0.15) is 15.9 Å². The largest absolute Gasteiger partial charge is 0.508 e. The number of amides is 1. The summed E-state index contributed by atoms with van der Waals surface area (Å²) < 4.78 is 27.0. The van der Waals surface area contributed by atoms with Gasteiger partial charge in [0.25, 0.3) is 5.91 Å². The number of nitrogens with two attached hydrogens (primary N) is 1. The van der Waals surface area contributed by atoms with E-state index in [4.69, 9.17) is 10.8 Å². The summed E-state index contributed by atoms with van der Waals surface area (Å²) in [5.74, 6) is -2.52. The maximum absolute atomic E-state index is 13.6. The topological polar surface area (TPSA) is 75.3 Å². The van der Waals surface area contributed by atoms with Crippen molar-refractivity contribution in [3.8, 4) is 5.75 Å². The molecule has 0 unspecified atom stereocenters. The zero-order valence-corrected chi connectivity index (χ0v) is 11.4. The lowest BCUT2D eigenvalue weighted by Crippen LogP contribution is -2.16. The minimum absolute atomic E-state index is 0.0195. The molecule has 0 aliphatic carbocycles. The summed E-state index contributed by atoms with van der Waals surface area (Å²) >= 11 is 4.69. The Balaban J connectivity index is 2.27. The molecular formula is C14H10F2N2O2S. The molecular weight excluding hydrogens is 298 g/mol. The minimum Gasteiger partial charge on any atom is -0.508 e. The molecule has 0 fully saturated rings. The fraction of sp³-hybridized carbons (Fsp3) is 0. The van der Waals surface area contributed by atoms with Crippen molar-refractivity contribution in [2.45, 2.75) is 0 Å². The number of benzene rings is 2. The first-order valence-electron chi connectivity index (χ1n) is 5.77. The van der Waals surface area contributed by atoms with Gasteiger partial charge in [0, 0.05) is 17.3 Å². The van der Waals surface area contributed by atoms with Gasteiger partial charge in [0.15, 0.2) is 0 Å². The number of phenols is 1. The maximum atomic E-state index is 13.6. The highest BCUT2D eigenvalue weighted by Crippen LogP contribution is 2.19. The highest BCUT2D eigenvalue weighted by Gasteiger charge is 2.14. The van der Waals surface area contributed by atoms with E-state index in [1.165, 1.54) is 18.2 Å². The highest BCUT2D eigenvalue weighted by molar-refractivity contribution is 7.80. The quantitative estimate of drug-likeness (QED) is 0.762. The van der Waals surface area contributed by atoms with E-state index in [-0.39, 0.29) is 27.6 Å². The fourth-order valence-corrected chi connectivity index (χ4v) is 1.83. The number of nitrogens with one attached hydrogen (secondary N) is 1. The second-order valence-electron chi connectivity index (χ2n) is 4.18. The van der Waals surface area contributed by atoms with E-state index in [9.17, 15) is 13.6 Å². The molecule has 0 saturated carbocycles. The summed E-state index contributed by atoms with van der Waals surface area (Å²) in [4.78, 5) is 11.8. The van der Waals surface area contributed by atoms with Crippen molar-refractivity contribution >= 4 is 28.8 Å². The third kappa shape index (κ3) is 3.32. The van der Waals surface area contributed by atoms with Crippen molar-refractivity contribution in [1.82, 2.24) is 0 Å². The summed E-state index contributed by atoms with van der Waals surface area (Å²) in [5.41, 5.74) is 5.30. The van der Waals surface area contributed by atoms with Gasteiger partial charge in [-0.3, -0.25) is 4.79 Å². The number of aromatic hydroxyl groups is 1. The number of carbonyl (C=O) groups excluding carboxylic acids is 1. The monoisotopic (exact) mass is 308 g/mol. The van der Waals surface area contributed by atoms with Crippen LogP contribution in [0.25, 0.3) is 0 Å². The van der Waals surface area contributed by atoms with Crippen LogP contribution in [0.4, 0.5) is 14.5 Å². The van der Waals surface area contributed by atoms with Crippen LogP contribution in [-0.2, 0) is 0 Å². The molecule has 0 aliphatic heterocycles. The molecule has 4 nitrogen and oxygen atoms in total. The Kier molecular flexibility index (Phi) is 4.13. The van der Waals surface area contributed by atoms with Crippen LogP contribution in [0, 0.1) is 11.6 Å². The number of thiocarbonyl (C=S) groups is 1. The van der Waals surface area contributed by atoms with Gasteiger partial charge >= 0.3 is 0 Å². The third-order valence-electron chi connectivity index (χ3n) is 2.69. The van der Waals surface area contributed by atoms with Gasteiger partial charge in [0.1, 0.15) is 22.4 Å². The Morgan fingerprint density at radius 3 is 2.43 bits per heavy atom. The van der Waals surface area contributed by atoms with Gasteiger partial charge in [0.05, 0.1) is 5.56 Å². The van der Waals surface area contributed by atoms with Crippen molar-refractivity contribution < 1.29 is 18.7 Å². The third-order valence-corrected chi connectivity index (χ3v) is 2.91. The van der Waals surface area contributed by atoms with Gasteiger partial charge in [-0.1, -0.05) is 12.2 Å². The summed E-state index contributed by atoms with van der Waals surface area (Å²) in [6.07, 6.45) is 0. The smallest absolute Gasteiger partial charge is 0.258 e. The summed E-state index contributed by atoms with van der Waals surface area (Å²) in [5, 5.41) is 11.5. The average Bonchev–Trinajstić information content (AvgIpc) is 2.40. The second-order valence-corrected chi connectivity index (χ2v) is 4.62. The van der Waals surface area contributed by atoms with Crippen LogP contribution in [0.15, 0.2) is 36.4 Å². The molecule has 0 atom stereocenters. The van der Waals surface area contributed by atoms with Gasteiger partial charge in [-0.15, -0.1) is 0 Å². The molecule has 2 rings (SSSR count). The zero-order chi connectivity index (χ0) is 15.6. The fourth-order valence-electron chi connectivity index (χ4n) is 1.68. The molecule has 2 aromatic rings. The van der Waals surface area contributed by atoms with E-state index >= 15 is 0 Å². The van der Waals surface area contributed by atoms with Crippen molar-refractivity contribution in [1.29, 1.82) is 0 Å². The Bertz CT molecular complexity index is 735. The van der Waals surface area contributed by atoms with Crippen molar-refractivity contribution in [3.05, 3.63) is 59.2 Å². The molecule has 0 saturated heterocycles. The molecule has 7 heteroatoms. The van der Waals surface area contributed by atoms with Crippen LogP contribution in [0.3, 0.4) is 0 Å². The molecule has 21 heavy (non-hydrogen) atoms.